The van der Waals surface area contributed by atoms with E-state index in [0.717, 1.165) is 49.7 Å². The molecule has 144 valence electrons. The standard InChI is InChI=1S/C20H27N5O2/c26-19(14-25-13-16-6-1-2-7-17(16)23-25)24-10-4-5-15(12-24)11-22-20(27)18-8-3-9-21-18/h1-2,6-7,13,15,18,21H,3-5,8-12,14H2,(H,22,27). The van der Waals surface area contributed by atoms with E-state index in [-0.39, 0.29) is 24.4 Å². The average Bonchev–Trinajstić information content (AvgIpc) is 3.35. The summed E-state index contributed by atoms with van der Waals surface area (Å²) in [5.74, 6) is 0.514. The molecule has 0 radical (unpaired) electrons. The lowest BCUT2D eigenvalue weighted by atomic mass is 9.97. The number of nitrogens with one attached hydrogen (secondary N) is 2. The van der Waals surface area contributed by atoms with Gasteiger partial charge in [0.1, 0.15) is 6.54 Å². The Morgan fingerprint density at radius 3 is 2.93 bits per heavy atom. The summed E-state index contributed by atoms with van der Waals surface area (Å²) in [5, 5.41) is 11.8. The molecule has 1 aromatic carbocycles. The Balaban J connectivity index is 1.29. The van der Waals surface area contributed by atoms with Crippen molar-refractivity contribution < 1.29 is 9.59 Å². The molecule has 4 rings (SSSR count). The number of carbonyl (C=O) groups is 2. The largest absolute Gasteiger partial charge is 0.354 e. The molecule has 0 aliphatic carbocycles. The van der Waals surface area contributed by atoms with Crippen LogP contribution in [0.4, 0.5) is 0 Å². The fourth-order valence-electron chi connectivity index (χ4n) is 4.07. The van der Waals surface area contributed by atoms with E-state index in [1.54, 1.807) is 4.68 Å². The van der Waals surface area contributed by atoms with Crippen molar-refractivity contribution in [1.82, 2.24) is 25.3 Å². The van der Waals surface area contributed by atoms with E-state index in [1.165, 1.54) is 0 Å². The van der Waals surface area contributed by atoms with Gasteiger partial charge in [-0.2, -0.15) is 5.10 Å². The molecular formula is C20H27N5O2. The molecule has 7 heteroatoms. The Kier molecular flexibility index (Phi) is 5.38. The van der Waals surface area contributed by atoms with Crippen LogP contribution in [0, 0.1) is 5.92 Å². The van der Waals surface area contributed by atoms with Crippen LogP contribution in [0.5, 0.6) is 0 Å². The van der Waals surface area contributed by atoms with Crippen molar-refractivity contribution in [2.75, 3.05) is 26.2 Å². The molecule has 2 aliphatic rings. The minimum atomic E-state index is -0.0414. The van der Waals surface area contributed by atoms with E-state index in [2.05, 4.69) is 15.7 Å². The number of amides is 2. The van der Waals surface area contributed by atoms with E-state index in [9.17, 15) is 9.59 Å². The van der Waals surface area contributed by atoms with Gasteiger partial charge in [0, 0.05) is 31.2 Å². The van der Waals surface area contributed by atoms with E-state index in [1.807, 2.05) is 35.4 Å². The summed E-state index contributed by atoms with van der Waals surface area (Å²) in [7, 11) is 0. The van der Waals surface area contributed by atoms with Gasteiger partial charge in [-0.05, 0) is 44.2 Å². The monoisotopic (exact) mass is 369 g/mol. The maximum atomic E-state index is 12.7. The number of aromatic nitrogens is 2. The van der Waals surface area contributed by atoms with Gasteiger partial charge in [0.15, 0.2) is 0 Å². The number of piperidine rings is 1. The second-order valence-electron chi connectivity index (χ2n) is 7.63. The number of rotatable bonds is 5. The molecule has 2 aliphatic heterocycles. The summed E-state index contributed by atoms with van der Waals surface area (Å²) in [6, 6.07) is 7.84. The van der Waals surface area contributed by atoms with Crippen molar-refractivity contribution in [2.45, 2.75) is 38.3 Å². The van der Waals surface area contributed by atoms with Crippen LogP contribution in [0.1, 0.15) is 25.7 Å². The fourth-order valence-corrected chi connectivity index (χ4v) is 4.07. The number of carbonyl (C=O) groups excluding carboxylic acids is 2. The van der Waals surface area contributed by atoms with Crippen LogP contribution >= 0.6 is 0 Å². The van der Waals surface area contributed by atoms with E-state index < -0.39 is 0 Å². The molecule has 0 bridgehead atoms. The summed E-state index contributed by atoms with van der Waals surface area (Å²) in [6.07, 6.45) is 5.93. The second kappa shape index (κ2) is 8.08. The highest BCUT2D eigenvalue weighted by Crippen LogP contribution is 2.17. The second-order valence-corrected chi connectivity index (χ2v) is 7.63. The topological polar surface area (TPSA) is 79.3 Å². The predicted octanol–water partition coefficient (Wildman–Crippen LogP) is 1.14. The van der Waals surface area contributed by atoms with Gasteiger partial charge in [0.05, 0.1) is 11.6 Å². The Morgan fingerprint density at radius 1 is 1.22 bits per heavy atom. The summed E-state index contributed by atoms with van der Waals surface area (Å²) in [5.41, 5.74) is 0.907. The van der Waals surface area contributed by atoms with Crippen molar-refractivity contribution in [3.63, 3.8) is 0 Å². The molecule has 2 amide bonds. The van der Waals surface area contributed by atoms with Gasteiger partial charge in [-0.15, -0.1) is 0 Å². The van der Waals surface area contributed by atoms with Crippen LogP contribution in [0.15, 0.2) is 30.5 Å². The highest BCUT2D eigenvalue weighted by Gasteiger charge is 2.26. The van der Waals surface area contributed by atoms with Crippen LogP contribution in [0.2, 0.25) is 0 Å². The third-order valence-electron chi connectivity index (χ3n) is 5.57. The molecule has 7 nitrogen and oxygen atoms in total. The first-order valence-electron chi connectivity index (χ1n) is 9.90. The third-order valence-corrected chi connectivity index (χ3v) is 5.57. The molecule has 2 N–H and O–H groups in total. The average molecular weight is 369 g/mol. The van der Waals surface area contributed by atoms with Crippen LogP contribution in [-0.2, 0) is 16.1 Å². The molecule has 2 atom stereocenters. The molecule has 2 aromatic rings. The van der Waals surface area contributed by atoms with Gasteiger partial charge in [-0.3, -0.25) is 14.3 Å². The lowest BCUT2D eigenvalue weighted by Crippen LogP contribution is -2.47. The minimum absolute atomic E-state index is 0.0414. The first-order valence-corrected chi connectivity index (χ1v) is 9.90. The zero-order chi connectivity index (χ0) is 18.6. The molecule has 2 unspecified atom stereocenters. The summed E-state index contributed by atoms with van der Waals surface area (Å²) < 4.78 is 1.73. The van der Waals surface area contributed by atoms with Crippen LogP contribution < -0.4 is 10.6 Å². The molecular weight excluding hydrogens is 342 g/mol. The van der Waals surface area contributed by atoms with Gasteiger partial charge in [0.25, 0.3) is 0 Å². The molecule has 2 fully saturated rings. The number of nitrogens with zero attached hydrogens (tertiary/aromatic N) is 3. The predicted molar refractivity (Wildman–Crippen MR) is 103 cm³/mol. The molecule has 3 heterocycles. The number of fused-ring (bicyclic) bond motifs is 1. The molecule has 2 saturated heterocycles. The summed E-state index contributed by atoms with van der Waals surface area (Å²) in [6.45, 7) is 3.32. The SMILES string of the molecule is O=C(NCC1CCCN(C(=O)Cn2cc3ccccc3n2)C1)C1CCCN1. The maximum Gasteiger partial charge on any atom is 0.244 e. The van der Waals surface area contributed by atoms with E-state index >= 15 is 0 Å². The Labute approximate surface area is 159 Å². The van der Waals surface area contributed by atoms with Gasteiger partial charge in [0.2, 0.25) is 11.8 Å². The number of likely N-dealkylation sites (tertiary alicyclic amines) is 1. The molecule has 0 saturated carbocycles. The lowest BCUT2D eigenvalue weighted by molar-refractivity contribution is -0.133. The van der Waals surface area contributed by atoms with Gasteiger partial charge in [-0.25, -0.2) is 0 Å². The molecule has 0 spiro atoms. The van der Waals surface area contributed by atoms with E-state index in [0.29, 0.717) is 19.0 Å². The normalized spacial score (nSPS) is 22.9. The van der Waals surface area contributed by atoms with Gasteiger partial charge in [-0.1, -0.05) is 18.2 Å². The van der Waals surface area contributed by atoms with Crippen LogP contribution in [0.3, 0.4) is 0 Å². The van der Waals surface area contributed by atoms with Gasteiger partial charge < -0.3 is 15.5 Å². The van der Waals surface area contributed by atoms with Crippen LogP contribution in [0.25, 0.3) is 10.9 Å². The minimum Gasteiger partial charge on any atom is -0.354 e. The van der Waals surface area contributed by atoms with E-state index in [4.69, 9.17) is 0 Å². The fraction of sp³-hybridized carbons (Fsp3) is 0.550. The van der Waals surface area contributed by atoms with Gasteiger partial charge >= 0.3 is 0 Å². The number of hydrogen-bond acceptors (Lipinski definition) is 4. The number of benzene rings is 1. The smallest absolute Gasteiger partial charge is 0.244 e. The highest BCUT2D eigenvalue weighted by molar-refractivity contribution is 5.82. The quantitative estimate of drug-likeness (QED) is 0.829. The maximum absolute atomic E-state index is 12.7. The Morgan fingerprint density at radius 2 is 2.11 bits per heavy atom. The van der Waals surface area contributed by atoms with Crippen molar-refractivity contribution in [2.24, 2.45) is 5.92 Å². The Hall–Kier alpha value is -2.41. The summed E-state index contributed by atoms with van der Waals surface area (Å²) in [4.78, 5) is 26.8. The third kappa shape index (κ3) is 4.30. The van der Waals surface area contributed by atoms with Crippen molar-refractivity contribution in [3.8, 4) is 0 Å². The molecule has 27 heavy (non-hydrogen) atoms. The zero-order valence-electron chi connectivity index (χ0n) is 15.6. The Bertz CT molecular complexity index is 779. The molecule has 1 aromatic heterocycles. The first kappa shape index (κ1) is 18.0. The van der Waals surface area contributed by atoms with Crippen molar-refractivity contribution in [3.05, 3.63) is 30.5 Å². The highest BCUT2D eigenvalue weighted by atomic mass is 16.2. The van der Waals surface area contributed by atoms with Crippen molar-refractivity contribution >= 4 is 22.7 Å². The zero-order valence-corrected chi connectivity index (χ0v) is 15.6. The first-order chi connectivity index (χ1) is 13.2. The summed E-state index contributed by atoms with van der Waals surface area (Å²) >= 11 is 0. The lowest BCUT2D eigenvalue weighted by Gasteiger charge is -2.33. The number of hydrogen-bond donors (Lipinski definition) is 2. The van der Waals surface area contributed by atoms with Crippen LogP contribution in [-0.4, -0.2) is 58.7 Å². The van der Waals surface area contributed by atoms with Crippen molar-refractivity contribution in [1.29, 1.82) is 0 Å².